The summed E-state index contributed by atoms with van der Waals surface area (Å²) in [6, 6.07) is 5.44. The second-order valence-corrected chi connectivity index (χ2v) is 10.3. The molecule has 1 aliphatic rings. The molecule has 0 aromatic heterocycles. The van der Waals surface area contributed by atoms with Crippen LogP contribution < -0.4 is 0 Å². The SMILES string of the molecule is C[Si](C)(C)C#Cc1ccc(C2CC2)c(F)c1. The summed E-state index contributed by atoms with van der Waals surface area (Å²) in [6.45, 7) is 6.57. The molecule has 0 heterocycles. The summed E-state index contributed by atoms with van der Waals surface area (Å²) in [6.07, 6.45) is 2.27. The number of rotatable bonds is 1. The topological polar surface area (TPSA) is 0 Å². The van der Waals surface area contributed by atoms with Crippen LogP contribution in [0.15, 0.2) is 18.2 Å². The van der Waals surface area contributed by atoms with Crippen molar-refractivity contribution in [2.24, 2.45) is 0 Å². The van der Waals surface area contributed by atoms with Crippen molar-refractivity contribution in [3.05, 3.63) is 35.1 Å². The summed E-state index contributed by atoms with van der Waals surface area (Å²) in [7, 11) is -1.36. The minimum atomic E-state index is -1.36. The molecular formula is C14H17FSi. The summed E-state index contributed by atoms with van der Waals surface area (Å²) in [5.74, 6) is 3.48. The molecule has 0 bridgehead atoms. The van der Waals surface area contributed by atoms with Crippen LogP contribution in [0.5, 0.6) is 0 Å². The fourth-order valence-electron chi connectivity index (χ4n) is 1.59. The van der Waals surface area contributed by atoms with Gasteiger partial charge in [0.15, 0.2) is 0 Å². The van der Waals surface area contributed by atoms with Crippen LogP contribution in [0.2, 0.25) is 19.6 Å². The molecular weight excluding hydrogens is 215 g/mol. The Labute approximate surface area is 97.9 Å². The number of hydrogen-bond acceptors (Lipinski definition) is 0. The van der Waals surface area contributed by atoms with Crippen LogP contribution in [0, 0.1) is 17.3 Å². The molecule has 0 N–H and O–H groups in total. The maximum Gasteiger partial charge on any atom is 0.129 e. The van der Waals surface area contributed by atoms with E-state index in [0.29, 0.717) is 5.92 Å². The number of hydrogen-bond donors (Lipinski definition) is 0. The summed E-state index contributed by atoms with van der Waals surface area (Å²) in [4.78, 5) is 0. The first-order valence-electron chi connectivity index (χ1n) is 5.78. The van der Waals surface area contributed by atoms with E-state index >= 15 is 0 Å². The molecule has 0 aliphatic heterocycles. The van der Waals surface area contributed by atoms with Gasteiger partial charge in [-0.2, -0.15) is 0 Å². The molecule has 2 heteroatoms. The Morgan fingerprint density at radius 2 is 1.94 bits per heavy atom. The quantitative estimate of drug-likeness (QED) is 0.508. The Kier molecular flexibility index (Phi) is 2.90. The minimum absolute atomic E-state index is 0.0788. The molecule has 1 saturated carbocycles. The predicted octanol–water partition coefficient (Wildman–Crippen LogP) is 3.93. The maximum atomic E-state index is 13.7. The monoisotopic (exact) mass is 232 g/mol. The normalized spacial score (nSPS) is 15.5. The highest BCUT2D eigenvalue weighted by atomic mass is 28.3. The molecule has 0 saturated heterocycles. The largest absolute Gasteiger partial charge is 0.207 e. The van der Waals surface area contributed by atoms with Gasteiger partial charge in [0.05, 0.1) is 0 Å². The molecule has 1 aromatic carbocycles. The van der Waals surface area contributed by atoms with Gasteiger partial charge in [0.1, 0.15) is 13.9 Å². The summed E-state index contributed by atoms with van der Waals surface area (Å²) in [5.41, 5.74) is 4.94. The van der Waals surface area contributed by atoms with Crippen LogP contribution in [-0.2, 0) is 0 Å². The fraction of sp³-hybridized carbons (Fsp3) is 0.429. The van der Waals surface area contributed by atoms with Gasteiger partial charge in [-0.05, 0) is 36.5 Å². The molecule has 0 atom stereocenters. The van der Waals surface area contributed by atoms with Crippen LogP contribution in [0.1, 0.15) is 29.9 Å². The van der Waals surface area contributed by atoms with Gasteiger partial charge < -0.3 is 0 Å². The molecule has 0 nitrogen and oxygen atoms in total. The Morgan fingerprint density at radius 1 is 1.25 bits per heavy atom. The smallest absolute Gasteiger partial charge is 0.129 e. The lowest BCUT2D eigenvalue weighted by molar-refractivity contribution is 0.610. The first kappa shape index (κ1) is 11.4. The highest BCUT2D eigenvalue weighted by Crippen LogP contribution is 2.41. The van der Waals surface area contributed by atoms with Gasteiger partial charge in [0.2, 0.25) is 0 Å². The molecule has 1 aromatic rings. The van der Waals surface area contributed by atoms with E-state index in [2.05, 4.69) is 31.1 Å². The summed E-state index contributed by atoms with van der Waals surface area (Å²) in [5, 5.41) is 0. The Bertz CT molecular complexity index is 456. The van der Waals surface area contributed by atoms with E-state index in [1.165, 1.54) is 0 Å². The van der Waals surface area contributed by atoms with Gasteiger partial charge in [-0.25, -0.2) is 4.39 Å². The van der Waals surface area contributed by atoms with Crippen LogP contribution >= 0.6 is 0 Å². The second kappa shape index (κ2) is 4.07. The van der Waals surface area contributed by atoms with Gasteiger partial charge in [-0.15, -0.1) is 5.54 Å². The van der Waals surface area contributed by atoms with Crippen LogP contribution in [0.3, 0.4) is 0 Å². The third kappa shape index (κ3) is 2.96. The molecule has 0 spiro atoms. The molecule has 2 rings (SSSR count). The third-order valence-electron chi connectivity index (χ3n) is 2.60. The molecule has 1 fully saturated rings. The first-order valence-corrected chi connectivity index (χ1v) is 9.28. The zero-order valence-electron chi connectivity index (χ0n) is 10.1. The standard InChI is InChI=1S/C14H17FSi/c1-16(2,3)9-8-11-4-7-13(12-5-6-12)14(15)10-11/h4,7,10,12H,5-6H2,1-3H3. The molecule has 84 valence electrons. The number of benzene rings is 1. The molecule has 0 radical (unpaired) electrons. The van der Waals surface area contributed by atoms with E-state index in [0.717, 1.165) is 24.0 Å². The average Bonchev–Trinajstić information content (AvgIpc) is 2.97. The summed E-state index contributed by atoms with van der Waals surface area (Å²) < 4.78 is 13.7. The molecule has 0 unspecified atom stereocenters. The van der Waals surface area contributed by atoms with E-state index in [1.54, 1.807) is 6.07 Å². The van der Waals surface area contributed by atoms with Crippen molar-refractivity contribution in [3.63, 3.8) is 0 Å². The Morgan fingerprint density at radius 3 is 2.44 bits per heavy atom. The number of halogens is 1. The van der Waals surface area contributed by atoms with Crippen LogP contribution in [0.4, 0.5) is 4.39 Å². The van der Waals surface area contributed by atoms with Crippen LogP contribution in [0.25, 0.3) is 0 Å². The van der Waals surface area contributed by atoms with Crippen molar-refractivity contribution in [2.75, 3.05) is 0 Å². The van der Waals surface area contributed by atoms with E-state index in [1.807, 2.05) is 12.1 Å². The first-order chi connectivity index (χ1) is 7.46. The van der Waals surface area contributed by atoms with E-state index in [-0.39, 0.29) is 5.82 Å². The van der Waals surface area contributed by atoms with Gasteiger partial charge in [-0.1, -0.05) is 31.6 Å². The van der Waals surface area contributed by atoms with Gasteiger partial charge in [-0.3, -0.25) is 0 Å². The predicted molar refractivity (Wildman–Crippen MR) is 68.6 cm³/mol. The fourth-order valence-corrected chi connectivity index (χ4v) is 2.11. The van der Waals surface area contributed by atoms with E-state index < -0.39 is 8.07 Å². The lowest BCUT2D eigenvalue weighted by Gasteiger charge is -2.04. The van der Waals surface area contributed by atoms with E-state index in [4.69, 9.17) is 0 Å². The highest BCUT2D eigenvalue weighted by Gasteiger charge is 2.26. The third-order valence-corrected chi connectivity index (χ3v) is 3.47. The van der Waals surface area contributed by atoms with Gasteiger partial charge in [0, 0.05) is 5.56 Å². The lowest BCUT2D eigenvalue weighted by atomic mass is 10.1. The van der Waals surface area contributed by atoms with Gasteiger partial charge >= 0.3 is 0 Å². The Balaban J connectivity index is 2.23. The van der Waals surface area contributed by atoms with Crippen molar-refractivity contribution in [2.45, 2.75) is 38.4 Å². The van der Waals surface area contributed by atoms with Crippen LogP contribution in [-0.4, -0.2) is 8.07 Å². The van der Waals surface area contributed by atoms with Crippen molar-refractivity contribution < 1.29 is 4.39 Å². The zero-order valence-corrected chi connectivity index (χ0v) is 11.1. The second-order valence-electron chi connectivity index (χ2n) is 5.51. The Hall–Kier alpha value is -1.07. The van der Waals surface area contributed by atoms with Gasteiger partial charge in [0.25, 0.3) is 0 Å². The van der Waals surface area contributed by atoms with Crippen molar-refractivity contribution in [3.8, 4) is 11.5 Å². The van der Waals surface area contributed by atoms with Crippen molar-refractivity contribution in [1.82, 2.24) is 0 Å². The molecule has 0 amide bonds. The van der Waals surface area contributed by atoms with Crippen molar-refractivity contribution in [1.29, 1.82) is 0 Å². The minimum Gasteiger partial charge on any atom is -0.207 e. The molecule has 1 aliphatic carbocycles. The lowest BCUT2D eigenvalue weighted by Crippen LogP contribution is -2.16. The maximum absolute atomic E-state index is 13.7. The van der Waals surface area contributed by atoms with Crippen molar-refractivity contribution >= 4 is 8.07 Å². The van der Waals surface area contributed by atoms with E-state index in [9.17, 15) is 4.39 Å². The summed E-state index contributed by atoms with van der Waals surface area (Å²) >= 11 is 0. The average molecular weight is 232 g/mol. The molecule has 16 heavy (non-hydrogen) atoms. The highest BCUT2D eigenvalue weighted by molar-refractivity contribution is 6.83. The zero-order chi connectivity index (χ0) is 11.8.